The van der Waals surface area contributed by atoms with Crippen molar-refractivity contribution in [2.24, 2.45) is 17.4 Å². The van der Waals surface area contributed by atoms with Crippen molar-refractivity contribution >= 4 is 11.7 Å². The largest absolute Gasteiger partial charge is 0.480 e. The fourth-order valence-electron chi connectivity index (χ4n) is 1.04. The first-order chi connectivity index (χ1) is 7.07. The Morgan fingerprint density at radius 2 is 1.88 bits per heavy atom. The van der Waals surface area contributed by atoms with Crippen LogP contribution in [-0.4, -0.2) is 35.0 Å². The average molecular weight is 241 g/mol. The zero-order chi connectivity index (χ0) is 13.1. The van der Waals surface area contributed by atoms with Crippen molar-refractivity contribution in [3.8, 4) is 0 Å². The van der Waals surface area contributed by atoms with Crippen molar-refractivity contribution in [1.29, 1.82) is 5.41 Å². The summed E-state index contributed by atoms with van der Waals surface area (Å²) in [5.41, 5.74) is 9.79. The molecule has 0 bridgehead atoms. The van der Waals surface area contributed by atoms with Crippen molar-refractivity contribution < 1.29 is 23.1 Å². The number of aliphatic carboxylic acids is 1. The van der Waals surface area contributed by atoms with Gasteiger partial charge in [0.1, 0.15) is 6.04 Å². The molecule has 0 saturated carbocycles. The molecule has 0 fully saturated rings. The van der Waals surface area contributed by atoms with Crippen LogP contribution >= 0.6 is 0 Å². The molecule has 5 nitrogen and oxygen atoms in total. The van der Waals surface area contributed by atoms with Crippen molar-refractivity contribution in [2.45, 2.75) is 31.6 Å². The standard InChI is InChI=1S/C8H14F3N3O2/c1-3(12)5(13)2-4(8(9,10)11)6(14)7(15)16/h3-4,6,13H,2,12,14H2,1H3,(H,15,16). The number of nitrogens with two attached hydrogens (primary N) is 2. The summed E-state index contributed by atoms with van der Waals surface area (Å²) < 4.78 is 37.4. The Kier molecular flexibility index (Phi) is 4.88. The lowest BCUT2D eigenvalue weighted by Crippen LogP contribution is -2.47. The van der Waals surface area contributed by atoms with Gasteiger partial charge in [0.05, 0.1) is 5.92 Å². The van der Waals surface area contributed by atoms with Crippen LogP contribution < -0.4 is 11.5 Å². The smallest absolute Gasteiger partial charge is 0.394 e. The lowest BCUT2D eigenvalue weighted by atomic mass is 9.91. The maximum Gasteiger partial charge on any atom is 0.394 e. The van der Waals surface area contributed by atoms with Crippen LogP contribution in [0.25, 0.3) is 0 Å². The molecule has 94 valence electrons. The summed E-state index contributed by atoms with van der Waals surface area (Å²) in [7, 11) is 0. The van der Waals surface area contributed by atoms with E-state index in [1.807, 2.05) is 0 Å². The van der Waals surface area contributed by atoms with Gasteiger partial charge in [0.2, 0.25) is 0 Å². The summed E-state index contributed by atoms with van der Waals surface area (Å²) in [5, 5.41) is 15.7. The lowest BCUT2D eigenvalue weighted by molar-refractivity contribution is -0.185. The van der Waals surface area contributed by atoms with E-state index in [0.717, 1.165) is 0 Å². The van der Waals surface area contributed by atoms with Crippen LogP contribution in [-0.2, 0) is 4.79 Å². The third-order valence-electron chi connectivity index (χ3n) is 2.13. The molecule has 3 atom stereocenters. The molecule has 0 aliphatic carbocycles. The molecule has 0 heterocycles. The molecule has 0 aliphatic rings. The molecule has 0 amide bonds. The van der Waals surface area contributed by atoms with Gasteiger partial charge in [-0.1, -0.05) is 0 Å². The molecule has 8 heteroatoms. The highest BCUT2D eigenvalue weighted by Gasteiger charge is 2.46. The quantitative estimate of drug-likeness (QED) is 0.519. The van der Waals surface area contributed by atoms with Crippen LogP contribution in [0.4, 0.5) is 13.2 Å². The van der Waals surface area contributed by atoms with E-state index in [1.165, 1.54) is 6.92 Å². The Hall–Kier alpha value is -1.15. The number of carboxylic acids is 1. The van der Waals surface area contributed by atoms with Crippen LogP contribution in [0, 0.1) is 11.3 Å². The molecule has 0 aromatic heterocycles. The number of halogens is 3. The molecule has 3 unspecified atom stereocenters. The summed E-state index contributed by atoms with van der Waals surface area (Å²) in [6.07, 6.45) is -5.56. The van der Waals surface area contributed by atoms with Crippen LogP contribution in [0.2, 0.25) is 0 Å². The molecular formula is C8H14F3N3O2. The Morgan fingerprint density at radius 1 is 1.44 bits per heavy atom. The van der Waals surface area contributed by atoms with Gasteiger partial charge in [0, 0.05) is 18.2 Å². The molecule has 0 spiro atoms. The number of hydrogen-bond acceptors (Lipinski definition) is 4. The van der Waals surface area contributed by atoms with Crippen LogP contribution in [0.5, 0.6) is 0 Å². The van der Waals surface area contributed by atoms with Gasteiger partial charge in [-0.2, -0.15) is 13.2 Å². The maximum atomic E-state index is 12.5. The molecule has 0 aromatic rings. The maximum absolute atomic E-state index is 12.5. The third kappa shape index (κ3) is 4.15. The summed E-state index contributed by atoms with van der Waals surface area (Å²) >= 11 is 0. The highest BCUT2D eigenvalue weighted by molar-refractivity contribution is 5.87. The Morgan fingerprint density at radius 3 is 2.12 bits per heavy atom. The SMILES string of the molecule is CC(N)C(=N)CC(C(N)C(=O)O)C(F)(F)F. The number of hydrogen-bond donors (Lipinski definition) is 4. The third-order valence-corrected chi connectivity index (χ3v) is 2.13. The number of carboxylic acid groups (broad SMARTS) is 1. The fraction of sp³-hybridized carbons (Fsp3) is 0.750. The van der Waals surface area contributed by atoms with Gasteiger partial charge >= 0.3 is 12.1 Å². The zero-order valence-electron chi connectivity index (χ0n) is 8.58. The van der Waals surface area contributed by atoms with E-state index in [1.54, 1.807) is 0 Å². The van der Waals surface area contributed by atoms with Gasteiger partial charge < -0.3 is 22.0 Å². The van der Waals surface area contributed by atoms with E-state index in [2.05, 4.69) is 0 Å². The summed E-state index contributed by atoms with van der Waals surface area (Å²) in [5.74, 6) is -4.04. The van der Waals surface area contributed by atoms with E-state index >= 15 is 0 Å². The number of nitrogens with one attached hydrogen (secondary N) is 1. The minimum Gasteiger partial charge on any atom is -0.480 e. The molecule has 0 radical (unpaired) electrons. The van der Waals surface area contributed by atoms with Gasteiger partial charge in [0.15, 0.2) is 0 Å². The van der Waals surface area contributed by atoms with Crippen LogP contribution in [0.15, 0.2) is 0 Å². The van der Waals surface area contributed by atoms with E-state index in [4.69, 9.17) is 22.0 Å². The summed E-state index contributed by atoms with van der Waals surface area (Å²) in [6.45, 7) is 1.35. The molecule has 16 heavy (non-hydrogen) atoms. The normalized spacial score (nSPS) is 17.6. The van der Waals surface area contributed by atoms with E-state index < -0.39 is 36.6 Å². The first-order valence-electron chi connectivity index (χ1n) is 4.45. The number of alkyl halides is 3. The molecule has 0 saturated heterocycles. The first-order valence-corrected chi connectivity index (χ1v) is 4.45. The van der Waals surface area contributed by atoms with Crippen molar-refractivity contribution in [3.05, 3.63) is 0 Å². The van der Waals surface area contributed by atoms with Gasteiger partial charge in [-0.3, -0.25) is 4.79 Å². The summed E-state index contributed by atoms with van der Waals surface area (Å²) in [6, 6.07) is -2.94. The number of carbonyl (C=O) groups is 1. The second-order valence-corrected chi connectivity index (χ2v) is 3.53. The van der Waals surface area contributed by atoms with Gasteiger partial charge in [-0.05, 0) is 6.92 Å². The molecular weight excluding hydrogens is 227 g/mol. The Bertz CT molecular complexity index is 278. The molecule has 0 aromatic carbocycles. The number of rotatable bonds is 5. The van der Waals surface area contributed by atoms with Crippen LogP contribution in [0.3, 0.4) is 0 Å². The predicted octanol–water partition coefficient (Wildman–Crippen LogP) is 0.334. The van der Waals surface area contributed by atoms with E-state index in [-0.39, 0.29) is 5.71 Å². The molecule has 6 N–H and O–H groups in total. The van der Waals surface area contributed by atoms with Crippen molar-refractivity contribution in [3.63, 3.8) is 0 Å². The van der Waals surface area contributed by atoms with Gasteiger partial charge in [-0.15, -0.1) is 0 Å². The summed E-state index contributed by atoms with van der Waals surface area (Å²) in [4.78, 5) is 10.4. The minimum absolute atomic E-state index is 0.376. The van der Waals surface area contributed by atoms with Gasteiger partial charge in [-0.25, -0.2) is 0 Å². The van der Waals surface area contributed by atoms with Gasteiger partial charge in [0.25, 0.3) is 0 Å². The van der Waals surface area contributed by atoms with Crippen molar-refractivity contribution in [2.75, 3.05) is 0 Å². The molecule has 0 rings (SSSR count). The first kappa shape index (κ1) is 14.8. The van der Waals surface area contributed by atoms with Crippen LogP contribution in [0.1, 0.15) is 13.3 Å². The second-order valence-electron chi connectivity index (χ2n) is 3.53. The van der Waals surface area contributed by atoms with Crippen molar-refractivity contribution in [1.82, 2.24) is 0 Å². The van der Waals surface area contributed by atoms with E-state index in [9.17, 15) is 18.0 Å². The monoisotopic (exact) mass is 241 g/mol. The molecule has 0 aliphatic heterocycles. The topological polar surface area (TPSA) is 113 Å². The Labute approximate surface area is 90.1 Å². The highest BCUT2D eigenvalue weighted by Crippen LogP contribution is 2.31. The minimum atomic E-state index is -4.76. The fourth-order valence-corrected chi connectivity index (χ4v) is 1.04. The lowest BCUT2D eigenvalue weighted by Gasteiger charge is -2.24. The zero-order valence-corrected chi connectivity index (χ0v) is 8.58. The van der Waals surface area contributed by atoms with E-state index in [0.29, 0.717) is 0 Å². The average Bonchev–Trinajstić information content (AvgIpc) is 2.10. The highest BCUT2D eigenvalue weighted by atomic mass is 19.4. The predicted molar refractivity (Wildman–Crippen MR) is 51.1 cm³/mol. The Balaban J connectivity index is 4.84. The second kappa shape index (κ2) is 5.26.